The van der Waals surface area contributed by atoms with Crippen LogP contribution in [0.1, 0.15) is 34.8 Å². The predicted octanol–water partition coefficient (Wildman–Crippen LogP) is 2.96. The lowest BCUT2D eigenvalue weighted by Gasteiger charge is -2.06. The average molecular weight is 254 g/mol. The zero-order valence-corrected chi connectivity index (χ0v) is 11.1. The van der Waals surface area contributed by atoms with Gasteiger partial charge in [0, 0.05) is 18.9 Å². The van der Waals surface area contributed by atoms with Crippen LogP contribution >= 0.6 is 0 Å². The molecule has 19 heavy (non-hydrogen) atoms. The first-order valence-electron chi connectivity index (χ1n) is 6.55. The minimum absolute atomic E-state index is 0.0919. The Bertz CT molecular complexity index is 520. The summed E-state index contributed by atoms with van der Waals surface area (Å²) in [5, 5.41) is 2.89. The number of hydrogen-bond acceptors (Lipinski definition) is 2. The Kier molecular flexibility index (Phi) is 4.67. The van der Waals surface area contributed by atoms with E-state index in [2.05, 4.69) is 41.5 Å². The number of carbonyl (C=O) groups excluding carboxylic acids is 1. The van der Waals surface area contributed by atoms with Gasteiger partial charge in [0.05, 0.1) is 5.56 Å². The second kappa shape index (κ2) is 6.69. The fourth-order valence-corrected chi connectivity index (χ4v) is 1.89. The van der Waals surface area contributed by atoms with Crippen LogP contribution in [0.2, 0.25) is 0 Å². The van der Waals surface area contributed by atoms with Crippen LogP contribution < -0.4 is 5.32 Å². The molecule has 3 nitrogen and oxygen atoms in total. The van der Waals surface area contributed by atoms with Gasteiger partial charge in [-0.1, -0.05) is 37.6 Å². The van der Waals surface area contributed by atoms with E-state index in [0.717, 1.165) is 18.4 Å². The van der Waals surface area contributed by atoms with Gasteiger partial charge in [-0.15, -0.1) is 0 Å². The maximum Gasteiger partial charge on any atom is 0.253 e. The Balaban J connectivity index is 1.90. The average Bonchev–Trinajstić information content (AvgIpc) is 2.47. The summed E-state index contributed by atoms with van der Waals surface area (Å²) in [7, 11) is 0. The third-order valence-electron chi connectivity index (χ3n) is 2.94. The zero-order chi connectivity index (χ0) is 13.5. The van der Waals surface area contributed by atoms with Crippen molar-refractivity contribution >= 4 is 5.91 Å². The third kappa shape index (κ3) is 3.91. The highest BCUT2D eigenvalue weighted by Crippen LogP contribution is 2.07. The highest BCUT2D eigenvalue weighted by Gasteiger charge is 2.04. The highest BCUT2D eigenvalue weighted by molar-refractivity contribution is 5.93. The summed E-state index contributed by atoms with van der Waals surface area (Å²) >= 11 is 0. The van der Waals surface area contributed by atoms with Crippen molar-refractivity contribution in [2.75, 3.05) is 0 Å². The van der Waals surface area contributed by atoms with Crippen LogP contribution in [0.5, 0.6) is 0 Å². The van der Waals surface area contributed by atoms with Crippen molar-refractivity contribution in [3.05, 3.63) is 65.5 Å². The Morgan fingerprint density at radius 1 is 1.16 bits per heavy atom. The van der Waals surface area contributed by atoms with Crippen LogP contribution in [0.4, 0.5) is 0 Å². The first-order valence-corrected chi connectivity index (χ1v) is 6.55. The number of rotatable bonds is 5. The number of aromatic nitrogens is 1. The Morgan fingerprint density at radius 2 is 1.89 bits per heavy atom. The molecule has 0 saturated carbocycles. The van der Waals surface area contributed by atoms with Crippen LogP contribution in [0.3, 0.4) is 0 Å². The van der Waals surface area contributed by atoms with E-state index in [1.165, 1.54) is 5.56 Å². The Labute approximate surface area is 113 Å². The van der Waals surface area contributed by atoms with Gasteiger partial charge in [-0.25, -0.2) is 0 Å². The van der Waals surface area contributed by atoms with Crippen molar-refractivity contribution in [2.45, 2.75) is 26.3 Å². The smallest absolute Gasteiger partial charge is 0.253 e. The van der Waals surface area contributed by atoms with Gasteiger partial charge in [-0.05, 0) is 29.7 Å². The summed E-state index contributed by atoms with van der Waals surface area (Å²) < 4.78 is 0. The van der Waals surface area contributed by atoms with E-state index in [0.29, 0.717) is 12.1 Å². The van der Waals surface area contributed by atoms with Crippen molar-refractivity contribution in [1.29, 1.82) is 0 Å². The molecule has 98 valence electrons. The minimum Gasteiger partial charge on any atom is -0.348 e. The monoisotopic (exact) mass is 254 g/mol. The molecule has 0 fully saturated rings. The number of nitrogens with one attached hydrogen (secondary N) is 1. The van der Waals surface area contributed by atoms with E-state index >= 15 is 0 Å². The van der Waals surface area contributed by atoms with E-state index in [4.69, 9.17) is 0 Å². The maximum absolute atomic E-state index is 11.8. The molecule has 1 aromatic carbocycles. The molecule has 0 aliphatic carbocycles. The molecule has 0 aliphatic rings. The van der Waals surface area contributed by atoms with Crippen LogP contribution in [0.15, 0.2) is 48.8 Å². The Morgan fingerprint density at radius 3 is 2.53 bits per heavy atom. The van der Waals surface area contributed by atoms with Crippen LogP contribution in [0.25, 0.3) is 0 Å². The van der Waals surface area contributed by atoms with Gasteiger partial charge in [0.1, 0.15) is 0 Å². The molecule has 0 saturated heterocycles. The number of benzene rings is 1. The lowest BCUT2D eigenvalue weighted by molar-refractivity contribution is 0.0950. The quantitative estimate of drug-likeness (QED) is 0.891. The molecule has 1 aromatic heterocycles. The van der Waals surface area contributed by atoms with Gasteiger partial charge < -0.3 is 5.32 Å². The van der Waals surface area contributed by atoms with Gasteiger partial charge in [0.15, 0.2) is 0 Å². The SMILES string of the molecule is CCCc1ccc(CNC(=O)c2cccnc2)cc1. The van der Waals surface area contributed by atoms with Crippen molar-refractivity contribution in [3.8, 4) is 0 Å². The fourth-order valence-electron chi connectivity index (χ4n) is 1.89. The molecule has 0 radical (unpaired) electrons. The van der Waals surface area contributed by atoms with Gasteiger partial charge >= 0.3 is 0 Å². The molecule has 0 unspecified atom stereocenters. The summed E-state index contributed by atoms with van der Waals surface area (Å²) in [6.45, 7) is 2.71. The van der Waals surface area contributed by atoms with E-state index in [1.807, 2.05) is 0 Å². The van der Waals surface area contributed by atoms with Gasteiger partial charge in [0.2, 0.25) is 0 Å². The molecular formula is C16H18N2O. The first-order chi connectivity index (χ1) is 9.29. The first kappa shape index (κ1) is 13.3. The van der Waals surface area contributed by atoms with Crippen molar-refractivity contribution in [3.63, 3.8) is 0 Å². The van der Waals surface area contributed by atoms with Gasteiger partial charge in [0.25, 0.3) is 5.91 Å². The second-order valence-corrected chi connectivity index (χ2v) is 4.49. The molecule has 1 heterocycles. The van der Waals surface area contributed by atoms with Crippen molar-refractivity contribution < 1.29 is 4.79 Å². The molecule has 3 heteroatoms. The highest BCUT2D eigenvalue weighted by atomic mass is 16.1. The summed E-state index contributed by atoms with van der Waals surface area (Å²) in [4.78, 5) is 15.8. The second-order valence-electron chi connectivity index (χ2n) is 4.49. The topological polar surface area (TPSA) is 42.0 Å². The molecule has 0 spiro atoms. The van der Waals surface area contributed by atoms with Crippen LogP contribution in [-0.4, -0.2) is 10.9 Å². The van der Waals surface area contributed by atoms with Crippen molar-refractivity contribution in [1.82, 2.24) is 10.3 Å². The predicted molar refractivity (Wildman–Crippen MR) is 75.8 cm³/mol. The standard InChI is InChI=1S/C16H18N2O/c1-2-4-13-6-8-14(9-7-13)11-18-16(19)15-5-3-10-17-12-15/h3,5-10,12H,2,4,11H2,1H3,(H,18,19). The number of hydrogen-bond donors (Lipinski definition) is 1. The van der Waals surface area contributed by atoms with Crippen LogP contribution in [0, 0.1) is 0 Å². The molecule has 1 N–H and O–H groups in total. The van der Waals surface area contributed by atoms with E-state index < -0.39 is 0 Å². The van der Waals surface area contributed by atoms with E-state index in [9.17, 15) is 4.79 Å². The molecule has 1 amide bonds. The fraction of sp³-hybridized carbons (Fsp3) is 0.250. The summed E-state index contributed by atoms with van der Waals surface area (Å²) in [5.41, 5.74) is 3.03. The molecule has 2 aromatic rings. The Hall–Kier alpha value is -2.16. The number of nitrogens with zero attached hydrogens (tertiary/aromatic N) is 1. The van der Waals surface area contributed by atoms with Gasteiger partial charge in [-0.2, -0.15) is 0 Å². The zero-order valence-electron chi connectivity index (χ0n) is 11.1. The minimum atomic E-state index is -0.0919. The number of amides is 1. The lowest BCUT2D eigenvalue weighted by Crippen LogP contribution is -2.22. The molecular weight excluding hydrogens is 236 g/mol. The third-order valence-corrected chi connectivity index (χ3v) is 2.94. The van der Waals surface area contributed by atoms with E-state index in [-0.39, 0.29) is 5.91 Å². The van der Waals surface area contributed by atoms with Gasteiger partial charge in [-0.3, -0.25) is 9.78 Å². The summed E-state index contributed by atoms with van der Waals surface area (Å²) in [5.74, 6) is -0.0919. The molecule has 2 rings (SSSR count). The normalized spacial score (nSPS) is 10.2. The summed E-state index contributed by atoms with van der Waals surface area (Å²) in [6, 6.07) is 11.9. The molecule has 0 bridgehead atoms. The number of pyridine rings is 1. The van der Waals surface area contributed by atoms with Crippen LogP contribution in [-0.2, 0) is 13.0 Å². The number of aryl methyl sites for hydroxylation is 1. The van der Waals surface area contributed by atoms with E-state index in [1.54, 1.807) is 24.5 Å². The number of carbonyl (C=O) groups is 1. The molecule has 0 atom stereocenters. The molecule has 0 aliphatic heterocycles. The van der Waals surface area contributed by atoms with Crippen molar-refractivity contribution in [2.24, 2.45) is 0 Å². The lowest BCUT2D eigenvalue weighted by atomic mass is 10.1. The summed E-state index contributed by atoms with van der Waals surface area (Å²) in [6.07, 6.45) is 5.47. The maximum atomic E-state index is 11.8. The largest absolute Gasteiger partial charge is 0.348 e.